The lowest BCUT2D eigenvalue weighted by Gasteiger charge is -2.25. The van der Waals surface area contributed by atoms with Crippen LogP contribution in [0.25, 0.3) is 5.57 Å². The number of carbonyl (C=O) groups is 1. The molecule has 0 amide bonds. The Bertz CT molecular complexity index is 3010. The highest BCUT2D eigenvalue weighted by atomic mass is 16.3. The van der Waals surface area contributed by atoms with E-state index < -0.39 is 0 Å². The average Bonchev–Trinajstić information content (AvgIpc) is 3.95. The van der Waals surface area contributed by atoms with Crippen LogP contribution in [0.15, 0.2) is 209 Å². The third kappa shape index (κ3) is 8.21. The van der Waals surface area contributed by atoms with E-state index >= 15 is 0 Å². The van der Waals surface area contributed by atoms with Gasteiger partial charge in [-0.3, -0.25) is 4.79 Å². The lowest BCUT2D eigenvalue weighted by atomic mass is 9.82. The Balaban J connectivity index is 0.898. The number of aliphatic hydroxyl groups is 1. The number of nitrogens with one attached hydrogen (secondary N) is 1. The lowest BCUT2D eigenvalue weighted by Crippen LogP contribution is -2.22. The average molecular weight is 803 g/mol. The van der Waals surface area contributed by atoms with Gasteiger partial charge >= 0.3 is 0 Å². The number of aryl methyl sites for hydroxylation is 4. The minimum Gasteiger partial charge on any atom is -0.506 e. The van der Waals surface area contributed by atoms with Crippen LogP contribution in [0.2, 0.25) is 0 Å². The molecule has 3 aliphatic rings. The van der Waals surface area contributed by atoms with Crippen molar-refractivity contribution in [3.63, 3.8) is 0 Å². The summed E-state index contributed by atoms with van der Waals surface area (Å²) in [5.74, 6) is 6.23. The Morgan fingerprint density at radius 1 is 0.548 bits per heavy atom. The summed E-state index contributed by atoms with van der Waals surface area (Å²) in [6, 6.07) is 45.9. The number of benzene rings is 5. The van der Waals surface area contributed by atoms with Crippen molar-refractivity contribution in [3.05, 3.63) is 249 Å². The summed E-state index contributed by atoms with van der Waals surface area (Å²) >= 11 is 0. The van der Waals surface area contributed by atoms with Gasteiger partial charge in [-0.1, -0.05) is 94.2 Å². The Hall–Kier alpha value is -8.12. The first kappa shape index (κ1) is 39.3. The van der Waals surface area contributed by atoms with Crippen LogP contribution in [0.5, 0.6) is 0 Å². The number of hydrogen-bond acceptors (Lipinski definition) is 3. The Morgan fingerprint density at radius 2 is 1.06 bits per heavy atom. The van der Waals surface area contributed by atoms with Crippen LogP contribution in [0, 0.1) is 39.5 Å². The van der Waals surface area contributed by atoms with Gasteiger partial charge in [0.2, 0.25) is 22.9 Å². The molecule has 0 spiro atoms. The van der Waals surface area contributed by atoms with Crippen LogP contribution in [-0.2, 0) is 4.79 Å². The maximum atomic E-state index is 13.5. The molecule has 0 saturated carbocycles. The van der Waals surface area contributed by atoms with Gasteiger partial charge in [-0.05, 0) is 118 Å². The van der Waals surface area contributed by atoms with Gasteiger partial charge in [-0.2, -0.15) is 4.58 Å². The van der Waals surface area contributed by atoms with E-state index in [1.165, 1.54) is 22.3 Å². The first-order valence-corrected chi connectivity index (χ1v) is 20.7. The SMILES string of the molecule is Cc1ccc(N(c2ccc(C)cc2)c2ccc(C#Cc3ccc(C4=C(O)C(=C5C=CC(=C=C=C6C=CC(=[N+](c7ccc(C)cc7)c7ccc(C)cc7)C=C6)C5)C4=O)[nH]3)cc2)cc1. The second-order valence-electron chi connectivity index (χ2n) is 15.9. The monoisotopic (exact) mass is 802 g/mol. The van der Waals surface area contributed by atoms with E-state index in [0.717, 1.165) is 56.4 Å². The van der Waals surface area contributed by atoms with Gasteiger partial charge in [0.1, 0.15) is 5.76 Å². The van der Waals surface area contributed by atoms with E-state index in [1.54, 1.807) is 6.07 Å². The summed E-state index contributed by atoms with van der Waals surface area (Å²) in [6.07, 6.45) is 12.5. The van der Waals surface area contributed by atoms with Crippen molar-refractivity contribution in [1.82, 2.24) is 9.56 Å². The van der Waals surface area contributed by atoms with Gasteiger partial charge in [0, 0.05) is 76.6 Å². The molecule has 2 N–H and O–H groups in total. The topological polar surface area (TPSA) is 59.3 Å². The van der Waals surface area contributed by atoms with Crippen molar-refractivity contribution < 1.29 is 9.90 Å². The Labute approximate surface area is 363 Å². The summed E-state index contributed by atoms with van der Waals surface area (Å²) in [5.41, 5.74) is 23.0. The van der Waals surface area contributed by atoms with Gasteiger partial charge in [-0.25, -0.2) is 0 Å². The Kier molecular flexibility index (Phi) is 10.7. The highest BCUT2D eigenvalue weighted by Crippen LogP contribution is 2.41. The number of aromatic nitrogens is 1. The number of ketones is 1. The summed E-state index contributed by atoms with van der Waals surface area (Å²) < 4.78 is 2.24. The number of H-pyrrole nitrogens is 1. The highest BCUT2D eigenvalue weighted by Gasteiger charge is 2.38. The predicted molar refractivity (Wildman–Crippen MR) is 254 cm³/mol. The fourth-order valence-corrected chi connectivity index (χ4v) is 7.70. The number of carbonyl (C=O) groups excluding carboxylic acids is 1. The van der Waals surface area contributed by atoms with Gasteiger partial charge < -0.3 is 15.0 Å². The van der Waals surface area contributed by atoms with Crippen molar-refractivity contribution in [3.8, 4) is 11.8 Å². The number of hydrogen-bond donors (Lipinski definition) is 2. The molecule has 0 atom stereocenters. The van der Waals surface area contributed by atoms with Gasteiger partial charge in [-0.15, -0.1) is 0 Å². The predicted octanol–water partition coefficient (Wildman–Crippen LogP) is 12.9. The largest absolute Gasteiger partial charge is 0.506 e. The molecule has 0 bridgehead atoms. The number of rotatable bonds is 6. The molecule has 0 fully saturated rings. The van der Waals surface area contributed by atoms with Crippen molar-refractivity contribution in [1.29, 1.82) is 0 Å². The third-order valence-corrected chi connectivity index (χ3v) is 11.2. The van der Waals surface area contributed by atoms with Crippen molar-refractivity contribution in [2.45, 2.75) is 34.1 Å². The van der Waals surface area contributed by atoms with E-state index in [-0.39, 0.29) is 17.1 Å². The molecular formula is C57H44N3O2+. The summed E-state index contributed by atoms with van der Waals surface area (Å²) in [7, 11) is 0. The molecule has 6 aromatic rings. The maximum Gasteiger partial charge on any atom is 0.211 e. The summed E-state index contributed by atoms with van der Waals surface area (Å²) in [4.78, 5) is 18.9. The minimum atomic E-state index is -0.192. The van der Waals surface area contributed by atoms with E-state index in [1.807, 2.05) is 42.5 Å². The van der Waals surface area contributed by atoms with Crippen molar-refractivity contribution in [2.24, 2.45) is 0 Å². The molecule has 0 aliphatic heterocycles. The Morgan fingerprint density at radius 3 is 1.60 bits per heavy atom. The molecule has 5 nitrogen and oxygen atoms in total. The van der Waals surface area contributed by atoms with Crippen molar-refractivity contribution in [2.75, 3.05) is 4.90 Å². The van der Waals surface area contributed by atoms with Gasteiger partial charge in [0.25, 0.3) is 0 Å². The number of aliphatic hydroxyl groups excluding tert-OH is 1. The van der Waals surface area contributed by atoms with Gasteiger partial charge in [0.15, 0.2) is 0 Å². The number of aromatic amines is 1. The standard InChI is InChI=1S/C57H43N3O2/c1-38-5-24-47(25-6-38)59(48-26-7-39(2)8-27-48)51-32-17-42(18-33-51)13-14-44-15-21-45(37-44)54-56(61)55(57(54)62)53-36-23-46(58-53)22-16-43-19-34-52(35-20-43)60(49-28-9-40(3)10-29-49)50-30-11-41(4)12-31-50/h5-12,15,17-21,23-36H,37H2,1-4H3,(H,61,62)/p+1. The summed E-state index contributed by atoms with van der Waals surface area (Å²) in [5, 5.41) is 11.1. The highest BCUT2D eigenvalue weighted by molar-refractivity contribution is 6.39. The molecule has 9 rings (SSSR count). The normalized spacial score (nSPS) is 15.3. The van der Waals surface area contributed by atoms with Crippen molar-refractivity contribution >= 4 is 45.5 Å². The van der Waals surface area contributed by atoms with E-state index in [2.05, 4.69) is 187 Å². The zero-order valence-electron chi connectivity index (χ0n) is 35.1. The third-order valence-electron chi connectivity index (χ3n) is 11.2. The number of allylic oxidation sites excluding steroid dienone is 11. The van der Waals surface area contributed by atoms with Crippen LogP contribution in [-0.4, -0.2) is 21.6 Å². The molecule has 1 heterocycles. The second-order valence-corrected chi connectivity index (χ2v) is 15.9. The second kappa shape index (κ2) is 16.9. The van der Waals surface area contributed by atoms with E-state index in [4.69, 9.17) is 0 Å². The van der Waals surface area contributed by atoms with Crippen LogP contribution in [0.1, 0.15) is 45.6 Å². The molecule has 298 valence electrons. The van der Waals surface area contributed by atoms with Crippen LogP contribution in [0.4, 0.5) is 28.4 Å². The zero-order valence-corrected chi connectivity index (χ0v) is 35.1. The van der Waals surface area contributed by atoms with Crippen LogP contribution < -0.4 is 9.48 Å². The maximum absolute atomic E-state index is 13.5. The molecule has 0 saturated heterocycles. The summed E-state index contributed by atoms with van der Waals surface area (Å²) in [6.45, 7) is 8.37. The molecular weight excluding hydrogens is 759 g/mol. The molecule has 0 radical (unpaired) electrons. The number of anilines is 3. The molecule has 5 heteroatoms. The quantitative estimate of drug-likeness (QED) is 0.0763. The van der Waals surface area contributed by atoms with Gasteiger partial charge in [0.05, 0.1) is 22.5 Å². The number of nitrogens with zero attached hydrogens (tertiary/aromatic N) is 2. The molecule has 1 aromatic heterocycles. The fourth-order valence-electron chi connectivity index (χ4n) is 7.70. The fraction of sp³-hybridized carbons (Fsp3) is 0.0877. The molecule has 5 aromatic carbocycles. The van der Waals surface area contributed by atoms with E-state index in [0.29, 0.717) is 23.4 Å². The zero-order chi connectivity index (χ0) is 42.7. The minimum absolute atomic E-state index is 0.00480. The number of Topliss-reactive ketones (excluding diaryl/α,β-unsaturated/α-hetero) is 1. The van der Waals surface area contributed by atoms with Crippen LogP contribution in [0.3, 0.4) is 0 Å². The van der Waals surface area contributed by atoms with Crippen LogP contribution >= 0.6 is 0 Å². The smallest absolute Gasteiger partial charge is 0.211 e. The lowest BCUT2D eigenvalue weighted by molar-refractivity contribution is -0.111. The van der Waals surface area contributed by atoms with E-state index in [9.17, 15) is 9.90 Å². The molecule has 0 unspecified atom stereocenters. The first-order valence-electron chi connectivity index (χ1n) is 20.7. The molecule has 62 heavy (non-hydrogen) atoms. The first-order chi connectivity index (χ1) is 30.2. The molecule has 3 aliphatic carbocycles.